The number of halogens is 1. The number of carbonyl (C=O) groups is 1. The Morgan fingerprint density at radius 3 is 2.63 bits per heavy atom. The highest BCUT2D eigenvalue weighted by Gasteiger charge is 2.21. The van der Waals surface area contributed by atoms with Crippen molar-refractivity contribution in [1.82, 2.24) is 18.7 Å². The second-order valence-electron chi connectivity index (χ2n) is 6.41. The molecular formula is C20H17ClN4O5. The maximum Gasteiger partial charge on any atom is 0.337 e. The van der Waals surface area contributed by atoms with Crippen LogP contribution in [0.4, 0.5) is 0 Å². The molecule has 0 saturated heterocycles. The molecule has 30 heavy (non-hydrogen) atoms. The lowest BCUT2D eigenvalue weighted by molar-refractivity contribution is -0.143. The number of aromatic nitrogens is 4. The van der Waals surface area contributed by atoms with Gasteiger partial charge in [-0.2, -0.15) is 0 Å². The lowest BCUT2D eigenvalue weighted by atomic mass is 10.3. The minimum Gasteiger partial charge on any atom is -0.467 e. The topological polar surface area (TPSA) is 101 Å². The molecule has 3 heterocycles. The number of nitrogens with zero attached hydrogens (tertiary/aromatic N) is 4. The fraction of sp³-hybridized carbons (Fsp3) is 0.200. The number of esters is 1. The maximum absolute atomic E-state index is 13.3. The molecule has 154 valence electrons. The maximum atomic E-state index is 13.3. The van der Waals surface area contributed by atoms with E-state index in [1.165, 1.54) is 21.7 Å². The molecule has 0 aliphatic rings. The summed E-state index contributed by atoms with van der Waals surface area (Å²) >= 11 is 5.97. The van der Waals surface area contributed by atoms with Crippen molar-refractivity contribution >= 4 is 28.7 Å². The van der Waals surface area contributed by atoms with Crippen LogP contribution in [0.5, 0.6) is 0 Å². The summed E-state index contributed by atoms with van der Waals surface area (Å²) in [5, 5.41) is 0.500. The van der Waals surface area contributed by atoms with Crippen LogP contribution in [0.25, 0.3) is 16.9 Å². The van der Waals surface area contributed by atoms with Crippen LogP contribution in [0, 0.1) is 0 Å². The normalized spacial score (nSPS) is 11.1. The van der Waals surface area contributed by atoms with E-state index >= 15 is 0 Å². The monoisotopic (exact) mass is 428 g/mol. The second-order valence-corrected chi connectivity index (χ2v) is 6.85. The van der Waals surface area contributed by atoms with E-state index in [4.69, 9.17) is 20.8 Å². The number of carbonyl (C=O) groups excluding carboxylic acids is 1. The van der Waals surface area contributed by atoms with Gasteiger partial charge in [0.2, 0.25) is 0 Å². The first-order valence-electron chi connectivity index (χ1n) is 9.14. The number of fused-ring (bicyclic) bond motifs is 1. The molecule has 0 amide bonds. The van der Waals surface area contributed by atoms with Crippen molar-refractivity contribution < 1.29 is 13.9 Å². The van der Waals surface area contributed by atoms with Gasteiger partial charge >= 0.3 is 11.7 Å². The Bertz CT molecular complexity index is 1320. The van der Waals surface area contributed by atoms with Gasteiger partial charge in [-0.05, 0) is 43.3 Å². The molecule has 9 nitrogen and oxygen atoms in total. The van der Waals surface area contributed by atoms with Crippen LogP contribution in [0.2, 0.25) is 5.02 Å². The van der Waals surface area contributed by atoms with Gasteiger partial charge in [0.25, 0.3) is 5.56 Å². The summed E-state index contributed by atoms with van der Waals surface area (Å²) in [7, 11) is 0. The Kier molecular flexibility index (Phi) is 5.28. The van der Waals surface area contributed by atoms with Crippen molar-refractivity contribution in [2.75, 3.05) is 6.61 Å². The Balaban J connectivity index is 1.98. The average molecular weight is 429 g/mol. The molecule has 0 radical (unpaired) electrons. The first-order chi connectivity index (χ1) is 14.5. The zero-order valence-electron chi connectivity index (χ0n) is 15.9. The Labute approximate surface area is 174 Å². The summed E-state index contributed by atoms with van der Waals surface area (Å²) in [6.07, 6.45) is 2.80. The van der Waals surface area contributed by atoms with Gasteiger partial charge in [0, 0.05) is 5.02 Å². The van der Waals surface area contributed by atoms with Gasteiger partial charge in [0.1, 0.15) is 12.3 Å². The van der Waals surface area contributed by atoms with Crippen molar-refractivity contribution in [2.45, 2.75) is 20.0 Å². The molecule has 0 bridgehead atoms. The van der Waals surface area contributed by atoms with E-state index in [2.05, 4.69) is 4.98 Å². The van der Waals surface area contributed by atoms with E-state index < -0.39 is 17.2 Å². The second kappa shape index (κ2) is 8.03. The summed E-state index contributed by atoms with van der Waals surface area (Å²) in [6.45, 7) is 1.63. The molecule has 0 aliphatic heterocycles. The van der Waals surface area contributed by atoms with Gasteiger partial charge < -0.3 is 13.7 Å². The molecule has 3 aromatic heterocycles. The van der Waals surface area contributed by atoms with Gasteiger partial charge in [0.15, 0.2) is 11.2 Å². The fourth-order valence-corrected chi connectivity index (χ4v) is 3.29. The number of imidazole rings is 1. The Morgan fingerprint density at radius 1 is 1.20 bits per heavy atom. The largest absolute Gasteiger partial charge is 0.467 e. The molecule has 10 heteroatoms. The predicted octanol–water partition coefficient (Wildman–Crippen LogP) is 2.21. The number of furan rings is 1. The quantitative estimate of drug-likeness (QED) is 0.436. The predicted molar refractivity (Wildman–Crippen MR) is 109 cm³/mol. The van der Waals surface area contributed by atoms with Gasteiger partial charge in [-0.15, -0.1) is 0 Å². The molecule has 0 spiro atoms. The van der Waals surface area contributed by atoms with Crippen molar-refractivity contribution in [3.63, 3.8) is 0 Å². The average Bonchev–Trinajstić information content (AvgIpc) is 3.37. The molecule has 1 aromatic carbocycles. The molecule has 4 rings (SSSR count). The highest BCUT2D eigenvalue weighted by Crippen LogP contribution is 2.16. The van der Waals surface area contributed by atoms with Crippen LogP contribution in [0.15, 0.2) is 63.0 Å². The van der Waals surface area contributed by atoms with Crippen molar-refractivity contribution in [3.05, 3.63) is 80.6 Å². The first-order valence-corrected chi connectivity index (χ1v) is 9.52. The third kappa shape index (κ3) is 3.55. The van der Waals surface area contributed by atoms with E-state index in [0.29, 0.717) is 16.5 Å². The van der Waals surface area contributed by atoms with Gasteiger partial charge in [-0.25, -0.2) is 14.3 Å². The zero-order chi connectivity index (χ0) is 21.3. The van der Waals surface area contributed by atoms with Crippen LogP contribution in [-0.4, -0.2) is 31.3 Å². The SMILES string of the molecule is CCOC(=O)Cn1cnc2c1c(=O)n(Cc1ccco1)c(=O)n2-c1ccc(Cl)cc1. The van der Waals surface area contributed by atoms with Crippen LogP contribution in [0.1, 0.15) is 12.7 Å². The third-order valence-electron chi connectivity index (χ3n) is 4.48. The van der Waals surface area contributed by atoms with Crippen molar-refractivity contribution in [1.29, 1.82) is 0 Å². The fourth-order valence-electron chi connectivity index (χ4n) is 3.17. The zero-order valence-corrected chi connectivity index (χ0v) is 16.7. The molecular weight excluding hydrogens is 412 g/mol. The summed E-state index contributed by atoms with van der Waals surface area (Å²) in [5.74, 6) is -0.0781. The van der Waals surface area contributed by atoms with Crippen LogP contribution < -0.4 is 11.2 Å². The standard InChI is InChI=1S/C20H17ClN4O5/c1-2-29-16(26)11-23-12-22-18-17(23)19(27)24(10-15-4-3-9-30-15)20(28)25(18)14-7-5-13(21)6-8-14/h3-9,12H,2,10-11H2,1H3. The van der Waals surface area contributed by atoms with Crippen LogP contribution >= 0.6 is 11.6 Å². The Hall–Kier alpha value is -3.59. The Morgan fingerprint density at radius 2 is 1.97 bits per heavy atom. The molecule has 0 atom stereocenters. The lowest BCUT2D eigenvalue weighted by Crippen LogP contribution is -2.40. The van der Waals surface area contributed by atoms with Crippen LogP contribution in [0.3, 0.4) is 0 Å². The van der Waals surface area contributed by atoms with E-state index in [0.717, 1.165) is 4.57 Å². The van der Waals surface area contributed by atoms with E-state index in [1.807, 2.05) is 0 Å². The minimum atomic E-state index is -0.590. The summed E-state index contributed by atoms with van der Waals surface area (Å²) in [6, 6.07) is 9.89. The number of hydrogen-bond acceptors (Lipinski definition) is 6. The van der Waals surface area contributed by atoms with E-state index in [9.17, 15) is 14.4 Å². The molecule has 0 aliphatic carbocycles. The minimum absolute atomic E-state index is 0.0707. The van der Waals surface area contributed by atoms with Gasteiger partial charge in [-0.3, -0.25) is 14.2 Å². The van der Waals surface area contributed by atoms with Crippen LogP contribution in [-0.2, 0) is 22.6 Å². The lowest BCUT2D eigenvalue weighted by Gasteiger charge is -2.12. The number of hydrogen-bond donors (Lipinski definition) is 0. The molecule has 4 aromatic rings. The molecule has 0 saturated carbocycles. The molecule has 0 unspecified atom stereocenters. The van der Waals surface area contributed by atoms with Crippen molar-refractivity contribution in [2.24, 2.45) is 0 Å². The number of rotatable bonds is 6. The summed E-state index contributed by atoms with van der Waals surface area (Å²) in [4.78, 5) is 42.7. The third-order valence-corrected chi connectivity index (χ3v) is 4.74. The molecule has 0 fully saturated rings. The highest BCUT2D eigenvalue weighted by molar-refractivity contribution is 6.30. The smallest absolute Gasteiger partial charge is 0.337 e. The number of ether oxygens (including phenoxy) is 1. The van der Waals surface area contributed by atoms with Gasteiger partial charge in [-0.1, -0.05) is 11.6 Å². The van der Waals surface area contributed by atoms with Gasteiger partial charge in [0.05, 0.1) is 31.4 Å². The molecule has 0 N–H and O–H groups in total. The summed E-state index contributed by atoms with van der Waals surface area (Å²) in [5.41, 5.74) is -0.466. The van der Waals surface area contributed by atoms with E-state index in [1.54, 1.807) is 43.3 Å². The first kappa shape index (κ1) is 19.7. The summed E-state index contributed by atoms with van der Waals surface area (Å²) < 4.78 is 14.0. The highest BCUT2D eigenvalue weighted by atomic mass is 35.5. The number of benzene rings is 1. The van der Waals surface area contributed by atoms with E-state index in [-0.39, 0.29) is 30.9 Å². The van der Waals surface area contributed by atoms with Crippen molar-refractivity contribution in [3.8, 4) is 5.69 Å².